The van der Waals surface area contributed by atoms with Gasteiger partial charge in [0, 0.05) is 25.1 Å². The van der Waals surface area contributed by atoms with E-state index in [0.717, 1.165) is 5.56 Å². The fraction of sp³-hybridized carbons (Fsp3) is 0.278. The summed E-state index contributed by atoms with van der Waals surface area (Å²) in [6.07, 6.45) is -0.490. The van der Waals surface area contributed by atoms with Gasteiger partial charge in [0.2, 0.25) is 0 Å². The maximum absolute atomic E-state index is 13.8. The van der Waals surface area contributed by atoms with Gasteiger partial charge < -0.3 is 19.9 Å². The van der Waals surface area contributed by atoms with E-state index in [1.165, 1.54) is 19.2 Å². The standard InChI is InChI=1S/C18H20FNO4/c1-20-18(22)23-10-9-17(13-5-3-2-4-6-13)24-15-8-7-14(12-21)16(19)11-15/h2-8,11,17,21H,9-10,12H2,1H3,(H,20,22). The second kappa shape index (κ2) is 8.88. The van der Waals surface area contributed by atoms with E-state index in [1.807, 2.05) is 30.3 Å². The van der Waals surface area contributed by atoms with Crippen molar-refractivity contribution in [3.05, 3.63) is 65.5 Å². The van der Waals surface area contributed by atoms with E-state index >= 15 is 0 Å². The number of aliphatic hydroxyl groups is 1. The number of benzene rings is 2. The molecule has 0 heterocycles. The highest BCUT2D eigenvalue weighted by molar-refractivity contribution is 5.66. The number of rotatable bonds is 7. The largest absolute Gasteiger partial charge is 0.485 e. The van der Waals surface area contributed by atoms with E-state index in [9.17, 15) is 9.18 Å². The molecule has 0 fully saturated rings. The summed E-state index contributed by atoms with van der Waals surface area (Å²) in [6.45, 7) is -0.204. The number of hydrogen-bond acceptors (Lipinski definition) is 4. The summed E-state index contributed by atoms with van der Waals surface area (Å²) >= 11 is 0. The molecule has 2 rings (SSSR count). The number of ether oxygens (including phenoxy) is 2. The number of carbonyl (C=O) groups is 1. The zero-order valence-electron chi connectivity index (χ0n) is 13.4. The molecule has 0 aliphatic carbocycles. The van der Waals surface area contributed by atoms with E-state index in [2.05, 4.69) is 5.32 Å². The Morgan fingerprint density at radius 1 is 1.25 bits per heavy atom. The summed E-state index contributed by atoms with van der Waals surface area (Å²) in [6, 6.07) is 13.7. The Balaban J connectivity index is 2.10. The number of hydrogen-bond donors (Lipinski definition) is 2. The first-order valence-corrected chi connectivity index (χ1v) is 7.59. The molecule has 128 valence electrons. The quantitative estimate of drug-likeness (QED) is 0.816. The van der Waals surface area contributed by atoms with E-state index < -0.39 is 18.0 Å². The molecule has 24 heavy (non-hydrogen) atoms. The Bertz CT molecular complexity index is 663. The molecule has 2 aromatic carbocycles. The lowest BCUT2D eigenvalue weighted by Crippen LogP contribution is -2.21. The van der Waals surface area contributed by atoms with Gasteiger partial charge in [-0.15, -0.1) is 0 Å². The van der Waals surface area contributed by atoms with Crippen LogP contribution in [0.2, 0.25) is 0 Å². The zero-order valence-corrected chi connectivity index (χ0v) is 13.4. The van der Waals surface area contributed by atoms with Crippen LogP contribution in [0.25, 0.3) is 0 Å². The van der Waals surface area contributed by atoms with Crippen LogP contribution in [0.4, 0.5) is 9.18 Å². The van der Waals surface area contributed by atoms with Gasteiger partial charge in [0.1, 0.15) is 17.7 Å². The molecule has 0 aliphatic heterocycles. The lowest BCUT2D eigenvalue weighted by atomic mass is 10.1. The molecule has 2 aromatic rings. The van der Waals surface area contributed by atoms with Gasteiger partial charge in [0.25, 0.3) is 0 Å². The topological polar surface area (TPSA) is 67.8 Å². The highest BCUT2D eigenvalue weighted by Crippen LogP contribution is 2.26. The van der Waals surface area contributed by atoms with Crippen LogP contribution in [-0.2, 0) is 11.3 Å². The van der Waals surface area contributed by atoms with Crippen LogP contribution in [0.15, 0.2) is 48.5 Å². The predicted octanol–water partition coefficient (Wildman–Crippen LogP) is 3.18. The van der Waals surface area contributed by atoms with Crippen LogP contribution in [0.3, 0.4) is 0 Å². The molecule has 0 saturated carbocycles. The molecule has 1 unspecified atom stereocenters. The van der Waals surface area contributed by atoms with Gasteiger partial charge in [-0.05, 0) is 11.6 Å². The fourth-order valence-electron chi connectivity index (χ4n) is 2.19. The van der Waals surface area contributed by atoms with Crippen LogP contribution in [-0.4, -0.2) is 24.9 Å². The van der Waals surface area contributed by atoms with Crippen molar-refractivity contribution in [3.8, 4) is 5.75 Å². The second-order valence-electron chi connectivity index (χ2n) is 5.10. The first-order valence-electron chi connectivity index (χ1n) is 7.59. The molecular weight excluding hydrogens is 313 g/mol. The Morgan fingerprint density at radius 2 is 2.00 bits per heavy atom. The van der Waals surface area contributed by atoms with Crippen LogP contribution in [0, 0.1) is 5.82 Å². The Kier molecular flexibility index (Phi) is 6.57. The highest BCUT2D eigenvalue weighted by Gasteiger charge is 2.15. The molecular formula is C18H20FNO4. The molecule has 0 bridgehead atoms. The van der Waals surface area contributed by atoms with E-state index in [-0.39, 0.29) is 18.8 Å². The van der Waals surface area contributed by atoms with E-state index in [1.54, 1.807) is 6.07 Å². The number of aliphatic hydroxyl groups excluding tert-OH is 1. The lowest BCUT2D eigenvalue weighted by Gasteiger charge is -2.20. The van der Waals surface area contributed by atoms with Crippen molar-refractivity contribution in [3.63, 3.8) is 0 Å². The minimum Gasteiger partial charge on any atom is -0.485 e. The maximum Gasteiger partial charge on any atom is 0.406 e. The Labute approximate surface area is 140 Å². The van der Waals surface area contributed by atoms with Crippen LogP contribution in [0.1, 0.15) is 23.7 Å². The summed E-state index contributed by atoms with van der Waals surface area (Å²) in [5.74, 6) is -0.179. The van der Waals surface area contributed by atoms with Gasteiger partial charge >= 0.3 is 6.09 Å². The van der Waals surface area contributed by atoms with Gasteiger partial charge in [0.15, 0.2) is 0 Å². The number of amides is 1. The van der Waals surface area contributed by atoms with Gasteiger partial charge in [-0.25, -0.2) is 9.18 Å². The maximum atomic E-state index is 13.8. The number of nitrogens with one attached hydrogen (secondary N) is 1. The molecule has 0 aromatic heterocycles. The summed E-state index contributed by atoms with van der Waals surface area (Å²) in [7, 11) is 1.49. The first-order chi connectivity index (χ1) is 11.6. The smallest absolute Gasteiger partial charge is 0.406 e. The summed E-state index contributed by atoms with van der Waals surface area (Å²) in [5, 5.41) is 11.4. The summed E-state index contributed by atoms with van der Waals surface area (Å²) in [4.78, 5) is 11.2. The third-order valence-electron chi connectivity index (χ3n) is 3.46. The van der Waals surface area contributed by atoms with E-state index in [0.29, 0.717) is 12.2 Å². The third kappa shape index (κ3) is 4.96. The lowest BCUT2D eigenvalue weighted by molar-refractivity contribution is 0.117. The van der Waals surface area contributed by atoms with Gasteiger partial charge in [-0.3, -0.25) is 0 Å². The predicted molar refractivity (Wildman–Crippen MR) is 87.2 cm³/mol. The minimum absolute atomic E-state index is 0.163. The highest BCUT2D eigenvalue weighted by atomic mass is 19.1. The molecule has 0 saturated heterocycles. The molecule has 2 N–H and O–H groups in total. The zero-order chi connectivity index (χ0) is 17.4. The third-order valence-corrected chi connectivity index (χ3v) is 3.46. The number of alkyl carbamates (subject to hydrolysis) is 1. The molecule has 0 spiro atoms. The molecule has 5 nitrogen and oxygen atoms in total. The van der Waals surface area contributed by atoms with Gasteiger partial charge in [0.05, 0.1) is 13.2 Å². The SMILES string of the molecule is CNC(=O)OCCC(Oc1ccc(CO)c(F)c1)c1ccccc1. The molecule has 0 radical (unpaired) electrons. The Morgan fingerprint density at radius 3 is 2.62 bits per heavy atom. The normalized spacial score (nSPS) is 11.6. The van der Waals surface area contributed by atoms with Crippen molar-refractivity contribution in [2.45, 2.75) is 19.1 Å². The Hall–Kier alpha value is -2.60. The van der Waals surface area contributed by atoms with Crippen molar-refractivity contribution in [2.24, 2.45) is 0 Å². The molecule has 1 atom stereocenters. The monoisotopic (exact) mass is 333 g/mol. The number of carbonyl (C=O) groups excluding carboxylic acids is 1. The van der Waals surface area contributed by atoms with Gasteiger partial charge in [-0.1, -0.05) is 36.4 Å². The van der Waals surface area contributed by atoms with Crippen molar-refractivity contribution < 1.29 is 23.8 Å². The summed E-state index contributed by atoms with van der Waals surface area (Å²) in [5.41, 5.74) is 1.10. The summed E-state index contributed by atoms with van der Waals surface area (Å²) < 4.78 is 24.7. The van der Waals surface area contributed by atoms with Crippen LogP contribution < -0.4 is 10.1 Å². The van der Waals surface area contributed by atoms with E-state index in [4.69, 9.17) is 14.6 Å². The first kappa shape index (κ1) is 17.7. The van der Waals surface area contributed by atoms with Crippen LogP contribution in [0.5, 0.6) is 5.75 Å². The van der Waals surface area contributed by atoms with Crippen molar-refractivity contribution in [1.82, 2.24) is 5.32 Å². The average molecular weight is 333 g/mol. The fourth-order valence-corrected chi connectivity index (χ4v) is 2.19. The molecule has 1 amide bonds. The van der Waals surface area contributed by atoms with Crippen molar-refractivity contribution in [1.29, 1.82) is 0 Å². The number of halogens is 1. The van der Waals surface area contributed by atoms with Crippen molar-refractivity contribution in [2.75, 3.05) is 13.7 Å². The van der Waals surface area contributed by atoms with Crippen LogP contribution >= 0.6 is 0 Å². The average Bonchev–Trinajstić information content (AvgIpc) is 2.61. The second-order valence-corrected chi connectivity index (χ2v) is 5.10. The molecule has 6 heteroatoms. The van der Waals surface area contributed by atoms with Gasteiger partial charge in [-0.2, -0.15) is 0 Å². The minimum atomic E-state index is -0.525. The van der Waals surface area contributed by atoms with Crippen molar-refractivity contribution >= 4 is 6.09 Å². The molecule has 0 aliphatic rings.